The predicted molar refractivity (Wildman–Crippen MR) is 63.7 cm³/mol. The molecule has 3 rings (SSSR count). The highest BCUT2D eigenvalue weighted by Crippen LogP contribution is 2.33. The number of aryl methyl sites for hydroxylation is 2. The molecule has 82 valence electrons. The summed E-state index contributed by atoms with van der Waals surface area (Å²) in [5, 5.41) is 13.9. The average molecular weight is 252 g/mol. The lowest BCUT2D eigenvalue weighted by molar-refractivity contribution is 0.898. The Morgan fingerprint density at radius 3 is 2.62 bits per heavy atom. The Morgan fingerprint density at radius 2 is 2.00 bits per heavy atom. The quantitative estimate of drug-likeness (QED) is 0.710. The van der Waals surface area contributed by atoms with Crippen LogP contribution in [0, 0.1) is 13.8 Å². The molecule has 3 heterocycles. The van der Waals surface area contributed by atoms with E-state index in [1.165, 1.54) is 22.7 Å². The molecule has 0 aliphatic rings. The molecule has 0 saturated heterocycles. The summed E-state index contributed by atoms with van der Waals surface area (Å²) in [5.74, 6) is 0.785. The second-order valence-corrected chi connectivity index (χ2v) is 5.30. The Hall–Kier alpha value is -1.54. The van der Waals surface area contributed by atoms with E-state index in [0.29, 0.717) is 5.13 Å². The SMILES string of the molecule is Cc1nc(N)sc1-c1nn2c(C)nnc2s1. The third-order valence-corrected chi connectivity index (χ3v) is 4.19. The minimum Gasteiger partial charge on any atom is -0.375 e. The summed E-state index contributed by atoms with van der Waals surface area (Å²) >= 11 is 2.94. The van der Waals surface area contributed by atoms with E-state index in [4.69, 9.17) is 5.73 Å². The van der Waals surface area contributed by atoms with Gasteiger partial charge in [0.15, 0.2) is 16.0 Å². The molecule has 0 spiro atoms. The summed E-state index contributed by atoms with van der Waals surface area (Å²) < 4.78 is 1.73. The zero-order valence-corrected chi connectivity index (χ0v) is 10.3. The summed E-state index contributed by atoms with van der Waals surface area (Å²) in [6.45, 7) is 3.80. The number of nitrogens with two attached hydrogens (primary N) is 1. The monoisotopic (exact) mass is 252 g/mol. The first-order valence-corrected chi connectivity index (χ1v) is 6.20. The van der Waals surface area contributed by atoms with E-state index in [-0.39, 0.29) is 0 Å². The molecule has 0 radical (unpaired) electrons. The molecule has 6 nitrogen and oxygen atoms in total. The lowest BCUT2D eigenvalue weighted by Gasteiger charge is -1.88. The molecule has 0 aliphatic heterocycles. The molecule has 3 aromatic heterocycles. The molecule has 3 aromatic rings. The van der Waals surface area contributed by atoms with Crippen LogP contribution >= 0.6 is 22.7 Å². The van der Waals surface area contributed by atoms with Gasteiger partial charge >= 0.3 is 0 Å². The van der Waals surface area contributed by atoms with Gasteiger partial charge in [-0.15, -0.1) is 10.2 Å². The lowest BCUT2D eigenvalue weighted by atomic mass is 10.4. The van der Waals surface area contributed by atoms with Crippen molar-refractivity contribution in [3.63, 3.8) is 0 Å². The Kier molecular flexibility index (Phi) is 1.95. The number of nitrogens with zero attached hydrogens (tertiary/aromatic N) is 5. The van der Waals surface area contributed by atoms with Crippen LogP contribution in [0.4, 0.5) is 5.13 Å². The fourth-order valence-electron chi connectivity index (χ4n) is 1.42. The average Bonchev–Trinajstić information content (AvgIpc) is 2.84. The highest BCUT2D eigenvalue weighted by Gasteiger charge is 2.15. The number of thiazole rings is 1. The predicted octanol–water partition coefficient (Wildman–Crippen LogP) is 1.51. The van der Waals surface area contributed by atoms with Crippen LogP contribution in [-0.2, 0) is 0 Å². The fraction of sp³-hybridized carbons (Fsp3) is 0.250. The molecule has 0 amide bonds. The number of hydrogen-bond donors (Lipinski definition) is 1. The Morgan fingerprint density at radius 1 is 1.19 bits per heavy atom. The lowest BCUT2D eigenvalue weighted by Crippen LogP contribution is -1.88. The summed E-state index contributed by atoms with van der Waals surface area (Å²) in [6.07, 6.45) is 0. The molecule has 0 aliphatic carbocycles. The van der Waals surface area contributed by atoms with E-state index in [2.05, 4.69) is 20.3 Å². The summed E-state index contributed by atoms with van der Waals surface area (Å²) in [7, 11) is 0. The second-order valence-electron chi connectivity index (χ2n) is 3.32. The Bertz CT molecular complexity index is 663. The van der Waals surface area contributed by atoms with Gasteiger partial charge in [-0.05, 0) is 13.8 Å². The zero-order valence-electron chi connectivity index (χ0n) is 8.63. The van der Waals surface area contributed by atoms with Crippen LogP contribution in [-0.4, -0.2) is 24.8 Å². The Labute approximate surface area is 98.8 Å². The van der Waals surface area contributed by atoms with E-state index in [1.807, 2.05) is 13.8 Å². The van der Waals surface area contributed by atoms with Crippen LogP contribution in [0.1, 0.15) is 11.5 Å². The van der Waals surface area contributed by atoms with Crippen LogP contribution in [0.2, 0.25) is 0 Å². The maximum absolute atomic E-state index is 5.67. The van der Waals surface area contributed by atoms with Gasteiger partial charge in [0.1, 0.15) is 0 Å². The zero-order chi connectivity index (χ0) is 11.3. The summed E-state index contributed by atoms with van der Waals surface area (Å²) in [6, 6.07) is 0. The van der Waals surface area contributed by atoms with Gasteiger partial charge in [-0.2, -0.15) is 9.61 Å². The molecule has 0 fully saturated rings. The minimum atomic E-state index is 0.565. The van der Waals surface area contributed by atoms with Crippen LogP contribution < -0.4 is 5.73 Å². The molecular weight excluding hydrogens is 244 g/mol. The van der Waals surface area contributed by atoms with Gasteiger partial charge in [0.05, 0.1) is 10.6 Å². The smallest absolute Gasteiger partial charge is 0.234 e. The number of fused-ring (bicyclic) bond motifs is 1. The van der Waals surface area contributed by atoms with Crippen LogP contribution in [0.5, 0.6) is 0 Å². The fourth-order valence-corrected chi connectivity index (χ4v) is 3.26. The highest BCUT2D eigenvalue weighted by molar-refractivity contribution is 7.25. The second kappa shape index (κ2) is 3.22. The third kappa shape index (κ3) is 1.30. The normalized spacial score (nSPS) is 11.4. The maximum Gasteiger partial charge on any atom is 0.234 e. The standard InChI is InChI=1S/C8H8N6S2/c1-3-5(15-7(9)10-3)6-13-14-4(2)11-12-8(14)16-6/h1-2H3,(H2,9,10). The van der Waals surface area contributed by atoms with Crippen molar-refractivity contribution in [2.45, 2.75) is 13.8 Å². The van der Waals surface area contributed by atoms with Crippen LogP contribution in [0.25, 0.3) is 14.8 Å². The van der Waals surface area contributed by atoms with Crippen molar-refractivity contribution in [1.82, 2.24) is 24.8 Å². The molecular formula is C8H8N6S2. The maximum atomic E-state index is 5.67. The first kappa shape index (κ1) is 9.67. The number of aromatic nitrogens is 5. The molecule has 0 aromatic carbocycles. The molecule has 0 bridgehead atoms. The molecule has 16 heavy (non-hydrogen) atoms. The van der Waals surface area contributed by atoms with Crippen molar-refractivity contribution in [3.05, 3.63) is 11.5 Å². The topological polar surface area (TPSA) is 82.0 Å². The first-order valence-electron chi connectivity index (χ1n) is 4.57. The first-order chi connectivity index (χ1) is 7.65. The Balaban J connectivity index is 2.22. The van der Waals surface area contributed by atoms with E-state index < -0.39 is 0 Å². The number of anilines is 1. The summed E-state index contributed by atoms with van der Waals surface area (Å²) in [5.41, 5.74) is 6.57. The molecule has 8 heteroatoms. The van der Waals surface area contributed by atoms with Gasteiger partial charge in [0.2, 0.25) is 4.96 Å². The molecule has 0 atom stereocenters. The summed E-state index contributed by atoms with van der Waals surface area (Å²) in [4.78, 5) is 5.98. The highest BCUT2D eigenvalue weighted by atomic mass is 32.1. The van der Waals surface area contributed by atoms with Crippen molar-refractivity contribution >= 4 is 32.8 Å². The van der Waals surface area contributed by atoms with Gasteiger partial charge in [0.25, 0.3) is 0 Å². The molecule has 0 unspecified atom stereocenters. The van der Waals surface area contributed by atoms with E-state index in [1.54, 1.807) is 4.52 Å². The van der Waals surface area contributed by atoms with Gasteiger partial charge in [-0.25, -0.2) is 4.98 Å². The van der Waals surface area contributed by atoms with Gasteiger partial charge in [-0.3, -0.25) is 0 Å². The minimum absolute atomic E-state index is 0.565. The van der Waals surface area contributed by atoms with E-state index in [0.717, 1.165) is 26.4 Å². The van der Waals surface area contributed by atoms with Crippen molar-refractivity contribution in [2.75, 3.05) is 5.73 Å². The van der Waals surface area contributed by atoms with Crippen molar-refractivity contribution in [2.24, 2.45) is 0 Å². The van der Waals surface area contributed by atoms with Crippen LogP contribution in [0.3, 0.4) is 0 Å². The van der Waals surface area contributed by atoms with Crippen molar-refractivity contribution in [1.29, 1.82) is 0 Å². The number of rotatable bonds is 1. The van der Waals surface area contributed by atoms with Crippen molar-refractivity contribution < 1.29 is 0 Å². The van der Waals surface area contributed by atoms with Crippen molar-refractivity contribution in [3.8, 4) is 9.88 Å². The van der Waals surface area contributed by atoms with E-state index in [9.17, 15) is 0 Å². The molecule has 2 N–H and O–H groups in total. The largest absolute Gasteiger partial charge is 0.375 e. The third-order valence-electron chi connectivity index (χ3n) is 2.15. The van der Waals surface area contributed by atoms with Gasteiger partial charge in [0, 0.05) is 0 Å². The van der Waals surface area contributed by atoms with Gasteiger partial charge in [-0.1, -0.05) is 22.7 Å². The van der Waals surface area contributed by atoms with E-state index >= 15 is 0 Å². The van der Waals surface area contributed by atoms with Gasteiger partial charge < -0.3 is 5.73 Å². The van der Waals surface area contributed by atoms with Crippen LogP contribution in [0.15, 0.2) is 0 Å². The number of hydrogen-bond acceptors (Lipinski definition) is 7. The molecule has 0 saturated carbocycles. The number of nitrogen functional groups attached to an aromatic ring is 1.